The van der Waals surface area contributed by atoms with Gasteiger partial charge >= 0.3 is 0 Å². The summed E-state index contributed by atoms with van der Waals surface area (Å²) in [5.74, 6) is 0. The molecule has 0 N–H and O–H groups in total. The number of rotatable bonds is 13. The van der Waals surface area contributed by atoms with Crippen LogP contribution in [0.3, 0.4) is 0 Å². The van der Waals surface area contributed by atoms with Crippen LogP contribution in [0, 0.1) is 0 Å². The zero-order valence-electron chi connectivity index (χ0n) is 12.8. The van der Waals surface area contributed by atoms with Crippen molar-refractivity contribution in [3.05, 3.63) is 24.8 Å². The highest BCUT2D eigenvalue weighted by Gasteiger charge is 2.36. The molecule has 19 heavy (non-hydrogen) atoms. The lowest BCUT2D eigenvalue weighted by molar-refractivity contribution is 0.348. The van der Waals surface area contributed by atoms with Gasteiger partial charge in [0, 0.05) is 0 Å². The average Bonchev–Trinajstić information content (AvgIpc) is 3.16. The lowest BCUT2D eigenvalue weighted by Crippen LogP contribution is -1.94. The molecule has 1 fully saturated rings. The summed E-state index contributed by atoms with van der Waals surface area (Å²) in [6, 6.07) is 0. The van der Waals surface area contributed by atoms with E-state index in [9.17, 15) is 0 Å². The van der Waals surface area contributed by atoms with E-state index >= 15 is 0 Å². The second-order valence-electron chi connectivity index (χ2n) is 5.72. The normalized spacial score (nSPS) is 21.9. The molecule has 1 heterocycles. The van der Waals surface area contributed by atoms with Crippen LogP contribution in [0.5, 0.6) is 0 Å². The van der Waals surface area contributed by atoms with Crippen molar-refractivity contribution in [1.82, 2.24) is 0 Å². The summed E-state index contributed by atoms with van der Waals surface area (Å²) in [6.45, 7) is 5.95. The molecule has 0 amide bonds. The van der Waals surface area contributed by atoms with E-state index in [1.807, 2.05) is 12.2 Å². The van der Waals surface area contributed by atoms with Crippen LogP contribution in [0.1, 0.15) is 77.6 Å². The Morgan fingerprint density at radius 3 is 2.21 bits per heavy atom. The van der Waals surface area contributed by atoms with Gasteiger partial charge in [0.2, 0.25) is 0 Å². The molecule has 1 aliphatic heterocycles. The second kappa shape index (κ2) is 11.3. The Morgan fingerprint density at radius 1 is 0.895 bits per heavy atom. The number of ether oxygens (including phenoxy) is 1. The van der Waals surface area contributed by atoms with Gasteiger partial charge in [-0.1, -0.05) is 76.7 Å². The van der Waals surface area contributed by atoms with Crippen LogP contribution in [0.4, 0.5) is 0 Å². The van der Waals surface area contributed by atoms with Gasteiger partial charge in [-0.2, -0.15) is 0 Å². The summed E-state index contributed by atoms with van der Waals surface area (Å²) in [7, 11) is 0. The molecule has 0 aromatic rings. The number of allylic oxidation sites excluding steroid dienone is 3. The van der Waals surface area contributed by atoms with Crippen molar-refractivity contribution in [3.63, 3.8) is 0 Å². The van der Waals surface area contributed by atoms with Crippen molar-refractivity contribution >= 4 is 0 Å². The largest absolute Gasteiger partial charge is 0.370 e. The quantitative estimate of drug-likeness (QED) is 0.232. The Hall–Kier alpha value is -0.560. The van der Waals surface area contributed by atoms with E-state index < -0.39 is 0 Å². The summed E-state index contributed by atoms with van der Waals surface area (Å²) in [6.07, 6.45) is 22.0. The molecule has 1 heteroatoms. The third-order valence-corrected chi connectivity index (χ3v) is 3.91. The van der Waals surface area contributed by atoms with E-state index in [1.165, 1.54) is 70.6 Å². The summed E-state index contributed by atoms with van der Waals surface area (Å²) >= 11 is 0. The fourth-order valence-corrected chi connectivity index (χ4v) is 2.61. The minimum atomic E-state index is 0.596. The molecule has 2 atom stereocenters. The number of epoxide rings is 1. The smallest absolute Gasteiger partial charge is 0.0841 e. The lowest BCUT2D eigenvalue weighted by Gasteiger charge is -1.99. The standard InChI is InChI=1S/C18H32O/c1-3-5-7-9-11-13-15-17-18(19-17)16-14-12-10-8-6-4-2/h3,5,7,17-18H,1,4,6,8-16H2,2H3/b7-5+/t17-,18+/m1/s1. The molecule has 0 aromatic carbocycles. The third kappa shape index (κ3) is 9.04. The molecule has 110 valence electrons. The summed E-state index contributed by atoms with van der Waals surface area (Å²) in [5.41, 5.74) is 0. The van der Waals surface area contributed by atoms with E-state index in [-0.39, 0.29) is 0 Å². The van der Waals surface area contributed by atoms with Crippen molar-refractivity contribution in [1.29, 1.82) is 0 Å². The van der Waals surface area contributed by atoms with Crippen LogP contribution in [0.15, 0.2) is 24.8 Å². The fourth-order valence-electron chi connectivity index (χ4n) is 2.61. The van der Waals surface area contributed by atoms with E-state index in [1.54, 1.807) is 0 Å². The Balaban J connectivity index is 1.81. The highest BCUT2D eigenvalue weighted by molar-refractivity contribution is 4.96. The predicted molar refractivity (Wildman–Crippen MR) is 84.5 cm³/mol. The van der Waals surface area contributed by atoms with Gasteiger partial charge in [-0.25, -0.2) is 0 Å². The van der Waals surface area contributed by atoms with Crippen LogP contribution in [-0.4, -0.2) is 12.2 Å². The first-order valence-electron chi connectivity index (χ1n) is 8.31. The van der Waals surface area contributed by atoms with Crippen LogP contribution < -0.4 is 0 Å². The van der Waals surface area contributed by atoms with Gasteiger partial charge in [-0.3, -0.25) is 0 Å². The Morgan fingerprint density at radius 2 is 1.53 bits per heavy atom. The molecule has 0 saturated carbocycles. The molecule has 0 radical (unpaired) electrons. The zero-order chi connectivity index (χ0) is 13.8. The molecule has 1 aliphatic rings. The van der Waals surface area contributed by atoms with Gasteiger partial charge in [0.25, 0.3) is 0 Å². The summed E-state index contributed by atoms with van der Waals surface area (Å²) in [4.78, 5) is 0. The summed E-state index contributed by atoms with van der Waals surface area (Å²) < 4.78 is 5.74. The lowest BCUT2D eigenvalue weighted by atomic mass is 10.0. The monoisotopic (exact) mass is 264 g/mol. The minimum absolute atomic E-state index is 0.596. The maximum Gasteiger partial charge on any atom is 0.0841 e. The van der Waals surface area contributed by atoms with Crippen molar-refractivity contribution in [3.8, 4) is 0 Å². The molecule has 0 aliphatic carbocycles. The van der Waals surface area contributed by atoms with Gasteiger partial charge in [0.1, 0.15) is 0 Å². The topological polar surface area (TPSA) is 12.5 Å². The van der Waals surface area contributed by atoms with E-state index in [4.69, 9.17) is 4.74 Å². The van der Waals surface area contributed by atoms with E-state index in [2.05, 4.69) is 19.6 Å². The predicted octanol–water partition coefficient (Wildman–Crippen LogP) is 5.81. The van der Waals surface area contributed by atoms with Gasteiger partial charge in [-0.05, 0) is 25.7 Å². The van der Waals surface area contributed by atoms with Gasteiger partial charge in [-0.15, -0.1) is 0 Å². The third-order valence-electron chi connectivity index (χ3n) is 3.91. The first-order chi connectivity index (χ1) is 9.38. The Labute approximate surface area is 120 Å². The highest BCUT2D eigenvalue weighted by atomic mass is 16.6. The molecule has 0 spiro atoms. The molecular weight excluding hydrogens is 232 g/mol. The molecular formula is C18H32O. The molecule has 1 rings (SSSR count). The van der Waals surface area contributed by atoms with Crippen LogP contribution >= 0.6 is 0 Å². The molecule has 1 saturated heterocycles. The number of unbranched alkanes of at least 4 members (excludes halogenated alkanes) is 7. The van der Waals surface area contributed by atoms with Crippen molar-refractivity contribution in [2.45, 2.75) is 89.8 Å². The van der Waals surface area contributed by atoms with E-state index in [0.717, 1.165) is 0 Å². The van der Waals surface area contributed by atoms with Crippen molar-refractivity contribution < 1.29 is 4.74 Å². The van der Waals surface area contributed by atoms with Crippen LogP contribution in [0.2, 0.25) is 0 Å². The summed E-state index contributed by atoms with van der Waals surface area (Å²) in [5, 5.41) is 0. The molecule has 0 unspecified atom stereocenters. The first kappa shape index (κ1) is 16.5. The number of hydrogen-bond acceptors (Lipinski definition) is 1. The SMILES string of the molecule is C=C/C=C/CCCC[C@H]1O[C@H]1CCCCCCCC. The highest BCUT2D eigenvalue weighted by Crippen LogP contribution is 2.31. The van der Waals surface area contributed by atoms with Gasteiger partial charge in [0.15, 0.2) is 0 Å². The number of hydrogen-bond donors (Lipinski definition) is 0. The molecule has 1 nitrogen and oxygen atoms in total. The van der Waals surface area contributed by atoms with Crippen molar-refractivity contribution in [2.24, 2.45) is 0 Å². The Bertz CT molecular complexity index is 244. The van der Waals surface area contributed by atoms with Gasteiger partial charge in [0.05, 0.1) is 12.2 Å². The second-order valence-corrected chi connectivity index (χ2v) is 5.72. The minimum Gasteiger partial charge on any atom is -0.370 e. The van der Waals surface area contributed by atoms with Crippen LogP contribution in [-0.2, 0) is 4.74 Å². The maximum atomic E-state index is 5.74. The van der Waals surface area contributed by atoms with Crippen molar-refractivity contribution in [2.75, 3.05) is 0 Å². The maximum absolute atomic E-state index is 5.74. The first-order valence-corrected chi connectivity index (χ1v) is 8.31. The van der Waals surface area contributed by atoms with E-state index in [0.29, 0.717) is 12.2 Å². The molecule has 0 aromatic heterocycles. The molecule has 0 bridgehead atoms. The van der Waals surface area contributed by atoms with Gasteiger partial charge < -0.3 is 4.74 Å². The average molecular weight is 264 g/mol. The zero-order valence-corrected chi connectivity index (χ0v) is 12.8. The van der Waals surface area contributed by atoms with Crippen LogP contribution in [0.25, 0.3) is 0 Å². The Kier molecular flexibility index (Phi) is 9.79. The fraction of sp³-hybridized carbons (Fsp3) is 0.778.